The van der Waals surface area contributed by atoms with Gasteiger partial charge in [-0.05, 0) is 52.3 Å². The summed E-state index contributed by atoms with van der Waals surface area (Å²) < 4.78 is 45.9. The molecule has 0 saturated heterocycles. The van der Waals surface area contributed by atoms with E-state index in [4.69, 9.17) is 10.00 Å². The van der Waals surface area contributed by atoms with Gasteiger partial charge in [-0.25, -0.2) is 0 Å². The van der Waals surface area contributed by atoms with Crippen LogP contribution in [0.2, 0.25) is 0 Å². The Bertz CT molecular complexity index is 678. The van der Waals surface area contributed by atoms with Crippen LogP contribution in [0.1, 0.15) is 5.56 Å². The molecular formula is C14H7BrF3NO2. The molecular weight excluding hydrogens is 351 g/mol. The summed E-state index contributed by atoms with van der Waals surface area (Å²) in [4.78, 5) is 0. The van der Waals surface area contributed by atoms with Crippen LogP contribution in [0.4, 0.5) is 13.2 Å². The standard InChI is InChI=1S/C14H7BrF3NO2/c15-12-2-1-3-13(11(12)8-19)20-9-4-6-10(7-5-9)21-14(16,17)18/h1-7H. The van der Waals surface area contributed by atoms with Gasteiger partial charge in [0.15, 0.2) is 0 Å². The van der Waals surface area contributed by atoms with E-state index < -0.39 is 6.36 Å². The zero-order chi connectivity index (χ0) is 15.5. The Morgan fingerprint density at radius 3 is 2.19 bits per heavy atom. The van der Waals surface area contributed by atoms with E-state index in [0.29, 0.717) is 21.5 Å². The Morgan fingerprint density at radius 1 is 1.00 bits per heavy atom. The lowest BCUT2D eigenvalue weighted by Gasteiger charge is -2.11. The summed E-state index contributed by atoms with van der Waals surface area (Å²) in [7, 11) is 0. The van der Waals surface area contributed by atoms with Crippen LogP contribution in [0, 0.1) is 11.3 Å². The van der Waals surface area contributed by atoms with Crippen molar-refractivity contribution in [2.24, 2.45) is 0 Å². The second kappa shape index (κ2) is 6.06. The fourth-order valence-corrected chi connectivity index (χ4v) is 1.97. The summed E-state index contributed by atoms with van der Waals surface area (Å²) in [6.45, 7) is 0. The Kier molecular flexibility index (Phi) is 4.38. The van der Waals surface area contributed by atoms with Gasteiger partial charge in [-0.3, -0.25) is 0 Å². The van der Waals surface area contributed by atoms with Gasteiger partial charge in [0.1, 0.15) is 28.9 Å². The molecule has 0 atom stereocenters. The minimum atomic E-state index is -4.74. The highest BCUT2D eigenvalue weighted by Crippen LogP contribution is 2.31. The highest BCUT2D eigenvalue weighted by atomic mass is 79.9. The molecule has 7 heteroatoms. The maximum Gasteiger partial charge on any atom is 0.573 e. The van der Waals surface area contributed by atoms with E-state index >= 15 is 0 Å². The van der Waals surface area contributed by atoms with Crippen molar-refractivity contribution in [3.8, 4) is 23.3 Å². The van der Waals surface area contributed by atoms with Crippen LogP contribution in [-0.4, -0.2) is 6.36 Å². The normalized spacial score (nSPS) is 10.8. The topological polar surface area (TPSA) is 42.2 Å². The minimum absolute atomic E-state index is 0.291. The predicted octanol–water partition coefficient (Wildman–Crippen LogP) is 5.01. The second-order valence-electron chi connectivity index (χ2n) is 3.85. The van der Waals surface area contributed by atoms with Crippen molar-refractivity contribution in [1.29, 1.82) is 5.26 Å². The van der Waals surface area contributed by atoms with Gasteiger partial charge in [0.2, 0.25) is 0 Å². The molecule has 2 aromatic rings. The summed E-state index contributed by atoms with van der Waals surface area (Å²) >= 11 is 3.22. The fourth-order valence-electron chi connectivity index (χ4n) is 1.53. The highest BCUT2D eigenvalue weighted by molar-refractivity contribution is 9.10. The Balaban J connectivity index is 2.18. The van der Waals surface area contributed by atoms with E-state index in [1.807, 2.05) is 6.07 Å². The summed E-state index contributed by atoms with van der Waals surface area (Å²) in [5.41, 5.74) is 0.299. The number of hydrogen-bond donors (Lipinski definition) is 0. The molecule has 3 nitrogen and oxygen atoms in total. The van der Waals surface area contributed by atoms with Crippen LogP contribution in [-0.2, 0) is 0 Å². The maximum atomic E-state index is 12.0. The molecule has 0 bridgehead atoms. The van der Waals surface area contributed by atoms with E-state index in [0.717, 1.165) is 12.1 Å². The third-order valence-electron chi connectivity index (χ3n) is 2.37. The summed E-state index contributed by atoms with van der Waals surface area (Å²) in [6.07, 6.45) is -4.74. The van der Waals surface area contributed by atoms with Crippen LogP contribution in [0.5, 0.6) is 17.2 Å². The van der Waals surface area contributed by atoms with Crippen molar-refractivity contribution < 1.29 is 22.6 Å². The van der Waals surface area contributed by atoms with Gasteiger partial charge in [-0.15, -0.1) is 13.2 Å². The van der Waals surface area contributed by atoms with E-state index in [-0.39, 0.29) is 5.75 Å². The van der Waals surface area contributed by atoms with Gasteiger partial charge in [-0.1, -0.05) is 6.07 Å². The van der Waals surface area contributed by atoms with Crippen LogP contribution in [0.15, 0.2) is 46.9 Å². The number of hydrogen-bond acceptors (Lipinski definition) is 3. The molecule has 0 aliphatic heterocycles. The molecule has 0 aromatic heterocycles. The maximum absolute atomic E-state index is 12.0. The van der Waals surface area contributed by atoms with Crippen molar-refractivity contribution in [2.75, 3.05) is 0 Å². The molecule has 0 unspecified atom stereocenters. The molecule has 0 radical (unpaired) electrons. The van der Waals surface area contributed by atoms with Gasteiger partial charge in [-0.2, -0.15) is 5.26 Å². The Hall–Kier alpha value is -2.20. The van der Waals surface area contributed by atoms with E-state index in [1.54, 1.807) is 18.2 Å². The first-order valence-electron chi connectivity index (χ1n) is 5.61. The number of rotatable bonds is 3. The van der Waals surface area contributed by atoms with Crippen molar-refractivity contribution in [2.45, 2.75) is 6.36 Å². The number of ether oxygens (including phenoxy) is 2. The lowest BCUT2D eigenvalue weighted by Crippen LogP contribution is -2.16. The molecule has 0 fully saturated rings. The van der Waals surface area contributed by atoms with Crippen molar-refractivity contribution in [3.63, 3.8) is 0 Å². The minimum Gasteiger partial charge on any atom is -0.456 e. The van der Waals surface area contributed by atoms with Crippen LogP contribution in [0.25, 0.3) is 0 Å². The third-order valence-corrected chi connectivity index (χ3v) is 3.03. The van der Waals surface area contributed by atoms with Gasteiger partial charge in [0, 0.05) is 4.47 Å². The molecule has 0 N–H and O–H groups in total. The number of halogens is 4. The molecule has 0 heterocycles. The summed E-state index contributed by atoms with van der Waals surface area (Å²) in [5, 5.41) is 9.04. The zero-order valence-electron chi connectivity index (χ0n) is 10.3. The number of benzene rings is 2. The average Bonchev–Trinajstić information content (AvgIpc) is 2.40. The van der Waals surface area contributed by atoms with E-state index in [1.165, 1.54) is 12.1 Å². The molecule has 2 aromatic carbocycles. The molecule has 2 rings (SSSR count). The largest absolute Gasteiger partial charge is 0.573 e. The van der Waals surface area contributed by atoms with E-state index in [9.17, 15) is 13.2 Å². The zero-order valence-corrected chi connectivity index (χ0v) is 11.9. The van der Waals surface area contributed by atoms with Gasteiger partial charge < -0.3 is 9.47 Å². The number of alkyl halides is 3. The lowest BCUT2D eigenvalue weighted by atomic mass is 10.2. The molecule has 21 heavy (non-hydrogen) atoms. The molecule has 0 amide bonds. The summed E-state index contributed by atoms with van der Waals surface area (Å²) in [6, 6.07) is 11.8. The smallest absolute Gasteiger partial charge is 0.456 e. The van der Waals surface area contributed by atoms with Gasteiger partial charge >= 0.3 is 6.36 Å². The first-order chi connectivity index (χ1) is 9.89. The molecule has 0 aliphatic carbocycles. The van der Waals surface area contributed by atoms with Gasteiger partial charge in [0.25, 0.3) is 0 Å². The van der Waals surface area contributed by atoms with Gasteiger partial charge in [0.05, 0.1) is 0 Å². The Labute approximate surface area is 126 Å². The SMILES string of the molecule is N#Cc1c(Br)cccc1Oc1ccc(OC(F)(F)F)cc1. The molecule has 0 aliphatic rings. The number of nitrogens with zero attached hydrogens (tertiary/aromatic N) is 1. The highest BCUT2D eigenvalue weighted by Gasteiger charge is 2.30. The first kappa shape index (κ1) is 15.2. The fraction of sp³-hybridized carbons (Fsp3) is 0.0714. The molecule has 0 saturated carbocycles. The van der Waals surface area contributed by atoms with Crippen molar-refractivity contribution >= 4 is 15.9 Å². The summed E-state index contributed by atoms with van der Waals surface area (Å²) in [5.74, 6) is 0.250. The van der Waals surface area contributed by atoms with Crippen LogP contribution < -0.4 is 9.47 Å². The quantitative estimate of drug-likeness (QED) is 0.775. The van der Waals surface area contributed by atoms with Crippen molar-refractivity contribution in [3.05, 3.63) is 52.5 Å². The van der Waals surface area contributed by atoms with Crippen LogP contribution in [0.3, 0.4) is 0 Å². The van der Waals surface area contributed by atoms with Crippen molar-refractivity contribution in [1.82, 2.24) is 0 Å². The second-order valence-corrected chi connectivity index (χ2v) is 4.70. The Morgan fingerprint density at radius 2 is 1.62 bits per heavy atom. The first-order valence-corrected chi connectivity index (χ1v) is 6.40. The van der Waals surface area contributed by atoms with Crippen LogP contribution >= 0.6 is 15.9 Å². The predicted molar refractivity (Wildman–Crippen MR) is 72.1 cm³/mol. The molecule has 0 spiro atoms. The number of nitriles is 1. The average molecular weight is 358 g/mol. The lowest BCUT2D eigenvalue weighted by molar-refractivity contribution is -0.274. The van der Waals surface area contributed by atoms with E-state index in [2.05, 4.69) is 20.7 Å². The monoisotopic (exact) mass is 357 g/mol. The third kappa shape index (κ3) is 4.13. The molecule has 108 valence electrons.